The van der Waals surface area contributed by atoms with E-state index in [0.717, 1.165) is 28.3 Å². The fourth-order valence-electron chi connectivity index (χ4n) is 1.96. The molecule has 0 fully saturated rings. The Labute approximate surface area is 98.8 Å². The van der Waals surface area contributed by atoms with Gasteiger partial charge in [0.2, 0.25) is 0 Å². The lowest BCUT2D eigenvalue weighted by Crippen LogP contribution is -1.92. The zero-order valence-electron chi connectivity index (χ0n) is 9.46. The normalized spacial score (nSPS) is 10.9. The predicted molar refractivity (Wildman–Crippen MR) is 67.6 cm³/mol. The number of aromatic nitrogens is 3. The van der Waals surface area contributed by atoms with Crippen LogP contribution in [0.2, 0.25) is 0 Å². The highest BCUT2D eigenvalue weighted by atomic mass is 15.0. The molecule has 0 bridgehead atoms. The molecule has 0 amide bonds. The molecule has 0 aliphatic heterocycles. The highest BCUT2D eigenvalue weighted by Crippen LogP contribution is 2.22. The molecule has 0 aliphatic rings. The number of nitrogens with two attached hydrogens (primary N) is 1. The van der Waals surface area contributed by atoms with Crippen molar-refractivity contribution in [3.63, 3.8) is 0 Å². The van der Waals surface area contributed by atoms with Crippen LogP contribution in [0.4, 0.5) is 5.69 Å². The number of aryl methyl sites for hydroxylation is 1. The van der Waals surface area contributed by atoms with Gasteiger partial charge < -0.3 is 5.73 Å². The van der Waals surface area contributed by atoms with Gasteiger partial charge in [-0.3, -0.25) is 9.38 Å². The molecular weight excluding hydrogens is 212 g/mol. The van der Waals surface area contributed by atoms with Crippen molar-refractivity contribution in [2.75, 3.05) is 5.73 Å². The number of fused-ring (bicyclic) bond motifs is 1. The second kappa shape index (κ2) is 3.59. The Bertz CT molecular complexity index is 670. The Kier molecular flexibility index (Phi) is 2.08. The third-order valence-corrected chi connectivity index (χ3v) is 2.78. The molecular formula is C13H12N4. The van der Waals surface area contributed by atoms with Crippen molar-refractivity contribution in [3.05, 3.63) is 48.5 Å². The molecule has 0 aromatic carbocycles. The van der Waals surface area contributed by atoms with E-state index in [1.54, 1.807) is 12.4 Å². The Morgan fingerprint density at radius 1 is 1.12 bits per heavy atom. The molecule has 0 atom stereocenters. The van der Waals surface area contributed by atoms with Crippen LogP contribution in [0.5, 0.6) is 0 Å². The van der Waals surface area contributed by atoms with E-state index < -0.39 is 0 Å². The largest absolute Gasteiger partial charge is 0.398 e. The van der Waals surface area contributed by atoms with Gasteiger partial charge in [-0.1, -0.05) is 0 Å². The first-order valence-electron chi connectivity index (χ1n) is 5.40. The van der Waals surface area contributed by atoms with E-state index in [1.807, 2.05) is 41.8 Å². The van der Waals surface area contributed by atoms with Crippen molar-refractivity contribution in [1.29, 1.82) is 0 Å². The molecule has 4 nitrogen and oxygen atoms in total. The maximum atomic E-state index is 5.82. The summed E-state index contributed by atoms with van der Waals surface area (Å²) in [5.41, 5.74) is 9.65. The number of anilines is 1. The van der Waals surface area contributed by atoms with E-state index in [4.69, 9.17) is 5.73 Å². The molecule has 0 saturated heterocycles. The zero-order valence-corrected chi connectivity index (χ0v) is 9.46. The Morgan fingerprint density at radius 3 is 2.65 bits per heavy atom. The number of nitrogens with zero attached hydrogens (tertiary/aromatic N) is 3. The summed E-state index contributed by atoms with van der Waals surface area (Å²) in [5.74, 6) is 0.896. The predicted octanol–water partition coefficient (Wildman–Crippen LogP) is 2.29. The molecule has 3 aromatic rings. The molecule has 0 aliphatic carbocycles. The molecule has 17 heavy (non-hydrogen) atoms. The lowest BCUT2D eigenvalue weighted by molar-refractivity contribution is 1.15. The van der Waals surface area contributed by atoms with Crippen LogP contribution in [-0.2, 0) is 0 Å². The number of hydrogen-bond donors (Lipinski definition) is 1. The average Bonchev–Trinajstić information content (AvgIpc) is 2.67. The molecule has 4 heteroatoms. The van der Waals surface area contributed by atoms with E-state index >= 15 is 0 Å². The average molecular weight is 224 g/mol. The van der Waals surface area contributed by atoms with Crippen molar-refractivity contribution in [2.45, 2.75) is 6.92 Å². The minimum Gasteiger partial charge on any atom is -0.398 e. The van der Waals surface area contributed by atoms with Crippen molar-refractivity contribution in [2.24, 2.45) is 0 Å². The quantitative estimate of drug-likeness (QED) is 0.690. The maximum absolute atomic E-state index is 5.82. The Balaban J connectivity index is 2.34. The molecule has 0 spiro atoms. The van der Waals surface area contributed by atoms with Gasteiger partial charge in [0.1, 0.15) is 5.82 Å². The topological polar surface area (TPSA) is 56.2 Å². The van der Waals surface area contributed by atoms with Gasteiger partial charge in [-0.15, -0.1) is 0 Å². The molecule has 0 saturated carbocycles. The van der Waals surface area contributed by atoms with Gasteiger partial charge >= 0.3 is 0 Å². The standard InChI is InChI=1S/C13H12N4/c1-9-12-3-2-11(14)8-17(12)13(16-9)10-4-6-15-7-5-10/h2-8H,14H2,1H3. The summed E-state index contributed by atoms with van der Waals surface area (Å²) in [6.45, 7) is 2.00. The van der Waals surface area contributed by atoms with Gasteiger partial charge in [0.15, 0.2) is 0 Å². The van der Waals surface area contributed by atoms with Crippen LogP contribution in [0, 0.1) is 6.92 Å². The number of nitrogen functional groups attached to an aromatic ring is 1. The molecule has 84 valence electrons. The molecule has 3 heterocycles. The lowest BCUT2D eigenvalue weighted by Gasteiger charge is -2.01. The first-order chi connectivity index (χ1) is 8.25. The smallest absolute Gasteiger partial charge is 0.144 e. The van der Waals surface area contributed by atoms with Gasteiger partial charge in [-0.25, -0.2) is 4.98 Å². The van der Waals surface area contributed by atoms with E-state index in [9.17, 15) is 0 Å². The first kappa shape index (κ1) is 9.84. The second-order valence-corrected chi connectivity index (χ2v) is 3.97. The van der Waals surface area contributed by atoms with Crippen molar-refractivity contribution in [3.8, 4) is 11.4 Å². The molecule has 3 aromatic heterocycles. The molecule has 0 radical (unpaired) electrons. The van der Waals surface area contributed by atoms with Crippen LogP contribution in [0.3, 0.4) is 0 Å². The molecule has 0 unspecified atom stereocenters. The SMILES string of the molecule is Cc1nc(-c2ccncc2)n2cc(N)ccc12. The fourth-order valence-corrected chi connectivity index (χ4v) is 1.96. The summed E-state index contributed by atoms with van der Waals surface area (Å²) < 4.78 is 2.01. The summed E-state index contributed by atoms with van der Waals surface area (Å²) in [5, 5.41) is 0. The van der Waals surface area contributed by atoms with Gasteiger partial charge in [0.05, 0.1) is 11.2 Å². The van der Waals surface area contributed by atoms with E-state index in [2.05, 4.69) is 9.97 Å². The zero-order chi connectivity index (χ0) is 11.8. The summed E-state index contributed by atoms with van der Waals surface area (Å²) >= 11 is 0. The minimum absolute atomic E-state index is 0.727. The summed E-state index contributed by atoms with van der Waals surface area (Å²) in [7, 11) is 0. The van der Waals surface area contributed by atoms with Crippen LogP contribution >= 0.6 is 0 Å². The monoisotopic (exact) mass is 224 g/mol. The third kappa shape index (κ3) is 1.54. The minimum atomic E-state index is 0.727. The Hall–Kier alpha value is -2.36. The number of pyridine rings is 2. The van der Waals surface area contributed by atoms with Crippen molar-refractivity contribution in [1.82, 2.24) is 14.4 Å². The summed E-state index contributed by atoms with van der Waals surface area (Å²) in [6.07, 6.45) is 5.42. The van der Waals surface area contributed by atoms with Crippen molar-refractivity contribution < 1.29 is 0 Å². The summed E-state index contributed by atoms with van der Waals surface area (Å²) in [4.78, 5) is 8.59. The number of imidazole rings is 1. The van der Waals surface area contributed by atoms with E-state index in [1.165, 1.54) is 0 Å². The Morgan fingerprint density at radius 2 is 1.88 bits per heavy atom. The first-order valence-corrected chi connectivity index (χ1v) is 5.40. The highest BCUT2D eigenvalue weighted by molar-refractivity contribution is 5.66. The highest BCUT2D eigenvalue weighted by Gasteiger charge is 2.09. The van der Waals surface area contributed by atoms with Gasteiger partial charge in [0, 0.05) is 29.8 Å². The van der Waals surface area contributed by atoms with Gasteiger partial charge in [0.25, 0.3) is 0 Å². The number of hydrogen-bond acceptors (Lipinski definition) is 3. The van der Waals surface area contributed by atoms with Crippen molar-refractivity contribution >= 4 is 11.2 Å². The van der Waals surface area contributed by atoms with Crippen LogP contribution in [0.15, 0.2) is 42.9 Å². The van der Waals surface area contributed by atoms with Crippen LogP contribution in [0.25, 0.3) is 16.9 Å². The molecule has 2 N–H and O–H groups in total. The second-order valence-electron chi connectivity index (χ2n) is 3.97. The maximum Gasteiger partial charge on any atom is 0.144 e. The van der Waals surface area contributed by atoms with Gasteiger partial charge in [-0.2, -0.15) is 0 Å². The number of rotatable bonds is 1. The fraction of sp³-hybridized carbons (Fsp3) is 0.0769. The lowest BCUT2D eigenvalue weighted by atomic mass is 10.2. The van der Waals surface area contributed by atoms with E-state index in [-0.39, 0.29) is 0 Å². The van der Waals surface area contributed by atoms with E-state index in [0.29, 0.717) is 0 Å². The molecule has 3 rings (SSSR count). The summed E-state index contributed by atoms with van der Waals surface area (Å²) in [6, 6.07) is 7.76. The van der Waals surface area contributed by atoms with Crippen LogP contribution in [0.1, 0.15) is 5.69 Å². The van der Waals surface area contributed by atoms with Crippen LogP contribution in [-0.4, -0.2) is 14.4 Å². The van der Waals surface area contributed by atoms with Crippen LogP contribution < -0.4 is 5.73 Å². The third-order valence-electron chi connectivity index (χ3n) is 2.78. The van der Waals surface area contributed by atoms with Gasteiger partial charge in [-0.05, 0) is 31.2 Å².